The lowest BCUT2D eigenvalue weighted by Crippen LogP contribution is -2.43. The van der Waals surface area contributed by atoms with Crippen LogP contribution in [-0.2, 0) is 14.3 Å². The summed E-state index contributed by atoms with van der Waals surface area (Å²) in [5.74, 6) is -5.54. The highest BCUT2D eigenvalue weighted by Crippen LogP contribution is 2.42. The van der Waals surface area contributed by atoms with Crippen LogP contribution in [0.1, 0.15) is 37.5 Å². The molecule has 8 rings (SSSR count). The van der Waals surface area contributed by atoms with E-state index in [0.29, 0.717) is 33.2 Å². The Morgan fingerprint density at radius 1 is 0.809 bits per heavy atom. The van der Waals surface area contributed by atoms with Crippen molar-refractivity contribution in [1.82, 2.24) is 20.5 Å². The molecule has 0 bridgehead atoms. The molecule has 3 aliphatic rings. The molecular formula is C50H41F2N5O11. The van der Waals surface area contributed by atoms with Crippen LogP contribution in [0.15, 0.2) is 119 Å². The van der Waals surface area contributed by atoms with Crippen LogP contribution in [0.4, 0.5) is 8.78 Å². The first-order valence-electron chi connectivity index (χ1n) is 21.3. The van der Waals surface area contributed by atoms with Gasteiger partial charge in [-0.2, -0.15) is 5.26 Å². The van der Waals surface area contributed by atoms with Crippen LogP contribution < -0.4 is 20.8 Å². The number of carbonyl (C=O) groups is 4. The number of likely N-dealkylation sites (tertiary alicyclic amines) is 1. The van der Waals surface area contributed by atoms with Gasteiger partial charge in [0.2, 0.25) is 5.91 Å². The minimum absolute atomic E-state index is 0.0786. The van der Waals surface area contributed by atoms with E-state index in [4.69, 9.17) is 18.6 Å². The first-order valence-corrected chi connectivity index (χ1v) is 21.3. The van der Waals surface area contributed by atoms with Crippen molar-refractivity contribution in [3.63, 3.8) is 0 Å². The van der Waals surface area contributed by atoms with Crippen molar-refractivity contribution in [2.75, 3.05) is 52.7 Å². The predicted octanol–water partition coefficient (Wildman–Crippen LogP) is 6.52. The second-order valence-electron chi connectivity index (χ2n) is 15.7. The zero-order valence-electron chi connectivity index (χ0n) is 36.0. The summed E-state index contributed by atoms with van der Waals surface area (Å²) in [4.78, 5) is 68.7. The molecule has 0 radical (unpaired) electrons. The quantitative estimate of drug-likeness (QED) is 0.0564. The number of fused-ring (bicyclic) bond motifs is 3. The van der Waals surface area contributed by atoms with E-state index in [1.165, 1.54) is 60.8 Å². The number of amides is 3. The number of aromatic carboxylic acids is 1. The van der Waals surface area contributed by atoms with Crippen molar-refractivity contribution in [2.45, 2.75) is 18.4 Å². The highest BCUT2D eigenvalue weighted by atomic mass is 19.3. The lowest BCUT2D eigenvalue weighted by Gasteiger charge is -2.19. The van der Waals surface area contributed by atoms with Crippen LogP contribution in [0.25, 0.3) is 55.4 Å². The maximum atomic E-state index is 13.8. The number of aromatic hydroxyl groups is 1. The third-order valence-electron chi connectivity index (χ3n) is 11.2. The van der Waals surface area contributed by atoms with E-state index in [1.54, 1.807) is 36.4 Å². The number of pyridine rings is 1. The molecule has 5 aromatic rings. The number of carboxylic acid groups (broad SMARTS) is 1. The predicted molar refractivity (Wildman–Crippen MR) is 243 cm³/mol. The number of hydrogen-bond acceptors (Lipinski definition) is 12. The average Bonchev–Trinajstić information content (AvgIpc) is 3.66. The molecule has 1 aromatic heterocycles. The van der Waals surface area contributed by atoms with E-state index in [9.17, 15) is 48.2 Å². The zero-order chi connectivity index (χ0) is 48.0. The first kappa shape index (κ1) is 46.3. The minimum atomic E-state index is -3.17. The smallest absolute Gasteiger partial charge is 0.336 e. The van der Waals surface area contributed by atoms with Crippen molar-refractivity contribution in [3.05, 3.63) is 136 Å². The first-order chi connectivity index (χ1) is 32.8. The highest BCUT2D eigenvalue weighted by Gasteiger charge is 2.47. The van der Waals surface area contributed by atoms with E-state index in [1.807, 2.05) is 18.2 Å². The fourth-order valence-corrected chi connectivity index (χ4v) is 7.92. The summed E-state index contributed by atoms with van der Waals surface area (Å²) in [6.07, 6.45) is 0.710. The molecule has 3 amide bonds. The highest BCUT2D eigenvalue weighted by molar-refractivity contribution is 6.10. The van der Waals surface area contributed by atoms with E-state index in [0.717, 1.165) is 16.0 Å². The number of benzene rings is 5. The van der Waals surface area contributed by atoms with Crippen molar-refractivity contribution < 1.29 is 56.8 Å². The lowest BCUT2D eigenvalue weighted by atomic mass is 9.89. The molecule has 0 saturated carbocycles. The van der Waals surface area contributed by atoms with Gasteiger partial charge in [0.1, 0.15) is 35.5 Å². The Balaban J connectivity index is 0.777. The molecule has 1 atom stereocenters. The van der Waals surface area contributed by atoms with Gasteiger partial charge >= 0.3 is 5.97 Å². The van der Waals surface area contributed by atoms with Gasteiger partial charge in [-0.25, -0.2) is 13.6 Å². The van der Waals surface area contributed by atoms with Crippen LogP contribution in [0.2, 0.25) is 0 Å². The Morgan fingerprint density at radius 2 is 1.57 bits per heavy atom. The monoisotopic (exact) mass is 925 g/mol. The van der Waals surface area contributed by atoms with E-state index >= 15 is 0 Å². The number of carbonyl (C=O) groups excluding carboxylic acids is 3. The van der Waals surface area contributed by atoms with Gasteiger partial charge in [0, 0.05) is 58.8 Å². The largest absolute Gasteiger partial charge is 0.508 e. The van der Waals surface area contributed by atoms with E-state index in [2.05, 4.69) is 15.6 Å². The average molecular weight is 926 g/mol. The number of alkyl halides is 2. The standard InChI is InChI=1S/C50H41F2N5O11/c51-50(52)25-32(26-53)57(28-50)45(60)27-56-48(62)36-13-14-54-42-12-4-30(21-40(36)42)29-1-7-35(8-2-29)67-20-19-66-18-17-65-16-15-55-47(61)31-3-9-37(49(63)64)41(22-31)46-38-10-5-33(58)23-43(38)68-44-24-34(59)6-11-39(44)46/h1-14,21-24,32,58H,15-20,25,27-28H2,(H,55,61)(H,56,62)(H,63,64)/t32-/m0/s1. The lowest BCUT2D eigenvalue weighted by molar-refractivity contribution is -0.131. The van der Waals surface area contributed by atoms with Crippen LogP contribution in [-0.4, -0.2) is 108 Å². The number of phenols is 1. The number of nitrogens with one attached hydrogen (secondary N) is 2. The van der Waals surface area contributed by atoms with Gasteiger partial charge in [-0.05, 0) is 89.5 Å². The van der Waals surface area contributed by atoms with Gasteiger partial charge < -0.3 is 44.4 Å². The molecule has 4 N–H and O–H groups in total. The van der Waals surface area contributed by atoms with Gasteiger partial charge in [-0.15, -0.1) is 0 Å². The number of aromatic nitrogens is 1. The molecule has 0 spiro atoms. The second kappa shape index (κ2) is 20.1. The van der Waals surface area contributed by atoms with Crippen LogP contribution in [0, 0.1) is 11.3 Å². The number of nitrogens with zero attached hydrogens (tertiary/aromatic N) is 3. The maximum absolute atomic E-state index is 13.8. The summed E-state index contributed by atoms with van der Waals surface area (Å²) in [5.41, 5.74) is 3.46. The number of hydrogen-bond donors (Lipinski definition) is 4. The Kier molecular flexibility index (Phi) is 13.7. The van der Waals surface area contributed by atoms with Gasteiger partial charge in [0.15, 0.2) is 5.43 Å². The summed E-state index contributed by atoms with van der Waals surface area (Å²) in [5, 5.41) is 35.7. The molecule has 1 aliphatic carbocycles. The summed E-state index contributed by atoms with van der Waals surface area (Å²) in [7, 11) is 0. The molecule has 68 heavy (non-hydrogen) atoms. The van der Waals surface area contributed by atoms with Crippen molar-refractivity contribution in [2.24, 2.45) is 0 Å². The fraction of sp³-hybridized carbons (Fsp3) is 0.220. The summed E-state index contributed by atoms with van der Waals surface area (Å²) < 4.78 is 50.6. The van der Waals surface area contributed by atoms with Crippen molar-refractivity contribution in [3.8, 4) is 51.1 Å². The molecule has 0 unspecified atom stereocenters. The molecule has 1 saturated heterocycles. The molecule has 1 fully saturated rings. The molecule has 346 valence electrons. The molecule has 18 heteroatoms. The molecule has 4 aromatic carbocycles. The van der Waals surface area contributed by atoms with Gasteiger partial charge in [0.25, 0.3) is 17.7 Å². The molecule has 2 aliphatic heterocycles. The topological polar surface area (TPSA) is 231 Å². The second-order valence-corrected chi connectivity index (χ2v) is 15.7. The van der Waals surface area contributed by atoms with Gasteiger partial charge in [-0.3, -0.25) is 24.2 Å². The number of ether oxygens (including phenoxy) is 3. The van der Waals surface area contributed by atoms with Crippen LogP contribution in [0.3, 0.4) is 0 Å². The van der Waals surface area contributed by atoms with Crippen molar-refractivity contribution >= 4 is 45.6 Å². The Labute approximate surface area is 385 Å². The van der Waals surface area contributed by atoms with Gasteiger partial charge in [0.05, 0.1) is 62.2 Å². The van der Waals surface area contributed by atoms with Gasteiger partial charge in [-0.1, -0.05) is 18.2 Å². The van der Waals surface area contributed by atoms with Crippen molar-refractivity contribution in [1.29, 1.82) is 5.26 Å². The third kappa shape index (κ3) is 10.4. The van der Waals surface area contributed by atoms with E-state index in [-0.39, 0.29) is 84.4 Å². The number of carboxylic acids is 1. The number of phenolic OH excluding ortho intramolecular Hbond substituents is 1. The maximum Gasteiger partial charge on any atom is 0.336 e. The Morgan fingerprint density at radius 3 is 2.35 bits per heavy atom. The normalized spacial score (nSPS) is 14.2. The number of nitriles is 1. The van der Waals surface area contributed by atoms with Crippen LogP contribution in [0.5, 0.6) is 11.5 Å². The SMILES string of the molecule is N#C[C@@H]1CC(F)(F)CN1C(=O)CNC(=O)c1ccnc2ccc(-c3ccc(OCCOCCOCCNC(=O)c4ccc(C(=O)O)c(-c5c6ccc(=O)cc-6oc6cc(O)ccc56)c4)cc3)cc12. The number of halogens is 2. The zero-order valence-corrected chi connectivity index (χ0v) is 36.0. The molecule has 3 heterocycles. The Hall–Kier alpha value is -8.27. The molecular weight excluding hydrogens is 885 g/mol. The van der Waals surface area contributed by atoms with E-state index < -0.39 is 55.2 Å². The summed E-state index contributed by atoms with van der Waals surface area (Å²) in [6.45, 7) is -0.0676. The fourth-order valence-electron chi connectivity index (χ4n) is 7.92. The minimum Gasteiger partial charge on any atom is -0.508 e. The summed E-state index contributed by atoms with van der Waals surface area (Å²) >= 11 is 0. The van der Waals surface area contributed by atoms with Crippen LogP contribution >= 0.6 is 0 Å². The Bertz CT molecular complexity index is 3140. The molecule has 16 nitrogen and oxygen atoms in total. The summed E-state index contributed by atoms with van der Waals surface area (Å²) in [6, 6.07) is 27.3. The number of rotatable bonds is 17. The third-order valence-corrected chi connectivity index (χ3v) is 11.2.